The van der Waals surface area contributed by atoms with Gasteiger partial charge in [-0.25, -0.2) is 8.42 Å². The van der Waals surface area contributed by atoms with Gasteiger partial charge >= 0.3 is 0 Å². The van der Waals surface area contributed by atoms with Crippen LogP contribution in [0.2, 0.25) is 0 Å². The largest absolute Gasteiger partial charge is 0.468 e. The molecular formula is C20H25N3O4S. The van der Waals surface area contributed by atoms with Crippen LogP contribution in [0.5, 0.6) is 0 Å². The first kappa shape index (κ1) is 19.0. The summed E-state index contributed by atoms with van der Waals surface area (Å²) < 4.78 is 30.7. The Morgan fingerprint density at radius 3 is 2.68 bits per heavy atom. The predicted molar refractivity (Wildman–Crippen MR) is 107 cm³/mol. The fourth-order valence-corrected chi connectivity index (χ4v) is 5.05. The number of nitrogens with one attached hydrogen (secondary N) is 1. The van der Waals surface area contributed by atoms with Crippen LogP contribution in [0.4, 0.5) is 5.69 Å². The lowest BCUT2D eigenvalue weighted by atomic mass is 10.1. The minimum absolute atomic E-state index is 0.0246. The molecule has 3 heterocycles. The van der Waals surface area contributed by atoms with E-state index in [2.05, 4.69) is 10.2 Å². The zero-order chi connectivity index (χ0) is 19.7. The van der Waals surface area contributed by atoms with E-state index in [4.69, 9.17) is 4.42 Å². The Labute approximate surface area is 165 Å². The highest BCUT2D eigenvalue weighted by Crippen LogP contribution is 2.31. The summed E-state index contributed by atoms with van der Waals surface area (Å²) in [5.74, 6) is 0.705. The quantitative estimate of drug-likeness (QED) is 0.799. The zero-order valence-electron chi connectivity index (χ0n) is 15.9. The summed E-state index contributed by atoms with van der Waals surface area (Å²) in [7, 11) is -3.29. The van der Waals surface area contributed by atoms with E-state index in [1.54, 1.807) is 24.5 Å². The molecule has 1 aromatic carbocycles. The smallest absolute Gasteiger partial charge is 0.251 e. The van der Waals surface area contributed by atoms with Crippen LogP contribution in [0, 0.1) is 0 Å². The molecular weight excluding hydrogens is 378 g/mol. The molecule has 8 heteroatoms. The number of carbonyl (C=O) groups is 1. The van der Waals surface area contributed by atoms with Crippen LogP contribution in [0.1, 0.15) is 40.6 Å². The lowest BCUT2D eigenvalue weighted by Crippen LogP contribution is -2.36. The van der Waals surface area contributed by atoms with Gasteiger partial charge in [-0.3, -0.25) is 14.0 Å². The van der Waals surface area contributed by atoms with E-state index in [1.807, 2.05) is 12.1 Å². The van der Waals surface area contributed by atoms with E-state index >= 15 is 0 Å². The van der Waals surface area contributed by atoms with Crippen LogP contribution in [0.15, 0.2) is 41.0 Å². The van der Waals surface area contributed by atoms with Crippen molar-refractivity contribution in [1.29, 1.82) is 0 Å². The van der Waals surface area contributed by atoms with Crippen LogP contribution in [-0.4, -0.2) is 51.7 Å². The molecule has 1 fully saturated rings. The molecule has 1 amide bonds. The van der Waals surface area contributed by atoms with Crippen molar-refractivity contribution in [3.8, 4) is 0 Å². The number of hydrogen-bond acceptors (Lipinski definition) is 5. The van der Waals surface area contributed by atoms with Gasteiger partial charge in [0, 0.05) is 18.7 Å². The third-order valence-corrected chi connectivity index (χ3v) is 6.68. The summed E-state index contributed by atoms with van der Waals surface area (Å²) in [5.41, 5.74) is 2.11. The molecule has 0 unspecified atom stereocenters. The molecule has 1 atom stereocenters. The number of rotatable bonds is 6. The van der Waals surface area contributed by atoms with Crippen molar-refractivity contribution in [3.63, 3.8) is 0 Å². The number of likely N-dealkylation sites (tertiary alicyclic amines) is 1. The van der Waals surface area contributed by atoms with E-state index in [0.717, 1.165) is 37.3 Å². The monoisotopic (exact) mass is 403 g/mol. The molecule has 1 saturated heterocycles. The first-order valence-electron chi connectivity index (χ1n) is 9.60. The summed E-state index contributed by atoms with van der Waals surface area (Å²) in [5, 5.41) is 3.02. The maximum Gasteiger partial charge on any atom is 0.251 e. The molecule has 0 aliphatic carbocycles. The van der Waals surface area contributed by atoms with Gasteiger partial charge in [0.2, 0.25) is 10.0 Å². The van der Waals surface area contributed by atoms with Crippen LogP contribution in [-0.2, 0) is 16.4 Å². The number of anilines is 1. The van der Waals surface area contributed by atoms with Gasteiger partial charge in [0.15, 0.2) is 0 Å². The van der Waals surface area contributed by atoms with Crippen molar-refractivity contribution in [2.45, 2.75) is 25.3 Å². The topological polar surface area (TPSA) is 82.9 Å². The van der Waals surface area contributed by atoms with Crippen LogP contribution in [0.25, 0.3) is 0 Å². The minimum atomic E-state index is -3.29. The Bertz CT molecular complexity index is 950. The van der Waals surface area contributed by atoms with Gasteiger partial charge in [-0.2, -0.15) is 0 Å². The Morgan fingerprint density at radius 1 is 1.21 bits per heavy atom. The van der Waals surface area contributed by atoms with E-state index in [0.29, 0.717) is 30.8 Å². The van der Waals surface area contributed by atoms with E-state index < -0.39 is 10.0 Å². The number of amides is 1. The third-order valence-electron chi connectivity index (χ3n) is 5.50. The molecule has 2 aliphatic rings. The summed E-state index contributed by atoms with van der Waals surface area (Å²) in [4.78, 5) is 15.1. The van der Waals surface area contributed by atoms with Crippen molar-refractivity contribution in [3.05, 3.63) is 53.5 Å². The molecule has 2 aromatic rings. The second-order valence-electron chi connectivity index (χ2n) is 7.41. The van der Waals surface area contributed by atoms with E-state index in [1.165, 1.54) is 10.6 Å². The summed E-state index contributed by atoms with van der Waals surface area (Å²) in [6.07, 6.45) is 5.80. The van der Waals surface area contributed by atoms with Gasteiger partial charge in [-0.05, 0) is 68.2 Å². The van der Waals surface area contributed by atoms with Gasteiger partial charge in [0.1, 0.15) is 5.76 Å². The second-order valence-corrected chi connectivity index (χ2v) is 9.32. The highest BCUT2D eigenvalue weighted by atomic mass is 32.2. The lowest BCUT2D eigenvalue weighted by molar-refractivity contribution is 0.0933. The van der Waals surface area contributed by atoms with Crippen LogP contribution in [0.3, 0.4) is 0 Å². The van der Waals surface area contributed by atoms with Gasteiger partial charge in [-0.1, -0.05) is 0 Å². The molecule has 0 saturated carbocycles. The summed E-state index contributed by atoms with van der Waals surface area (Å²) >= 11 is 0. The number of sulfonamides is 1. The van der Waals surface area contributed by atoms with Crippen LogP contribution < -0.4 is 9.62 Å². The normalized spacial score (nSPS) is 18.2. The third kappa shape index (κ3) is 3.79. The maximum absolute atomic E-state index is 12.7. The van der Waals surface area contributed by atoms with Gasteiger partial charge in [-0.15, -0.1) is 0 Å². The molecule has 4 rings (SSSR count). The number of hydrogen-bond donors (Lipinski definition) is 1. The average Bonchev–Trinajstić information content (AvgIpc) is 3.41. The van der Waals surface area contributed by atoms with Crippen molar-refractivity contribution >= 4 is 21.6 Å². The minimum Gasteiger partial charge on any atom is -0.468 e. The molecule has 7 nitrogen and oxygen atoms in total. The fraction of sp³-hybridized carbons (Fsp3) is 0.450. The number of benzene rings is 1. The first-order chi connectivity index (χ1) is 13.4. The van der Waals surface area contributed by atoms with Crippen molar-refractivity contribution in [1.82, 2.24) is 10.2 Å². The molecule has 1 aromatic heterocycles. The van der Waals surface area contributed by atoms with Crippen LogP contribution >= 0.6 is 0 Å². The Hall–Kier alpha value is -2.32. The second kappa shape index (κ2) is 7.60. The lowest BCUT2D eigenvalue weighted by Gasteiger charge is -2.26. The molecule has 2 aliphatic heterocycles. The molecule has 150 valence electrons. The SMILES string of the molecule is CS(=O)(=O)N1CCc2cc(C(=O)NC[C@H](c3ccco3)N3CCCC3)ccc21. The van der Waals surface area contributed by atoms with Crippen molar-refractivity contribution < 1.29 is 17.6 Å². The average molecular weight is 404 g/mol. The van der Waals surface area contributed by atoms with Crippen molar-refractivity contribution in [2.24, 2.45) is 0 Å². The predicted octanol–water partition coefficient (Wildman–Crippen LogP) is 2.17. The summed E-state index contributed by atoms with van der Waals surface area (Å²) in [6, 6.07) is 9.06. The zero-order valence-corrected chi connectivity index (χ0v) is 16.7. The number of nitrogens with zero attached hydrogens (tertiary/aromatic N) is 2. The van der Waals surface area contributed by atoms with Gasteiger partial charge in [0.05, 0.1) is 24.2 Å². The highest BCUT2D eigenvalue weighted by molar-refractivity contribution is 7.92. The van der Waals surface area contributed by atoms with E-state index in [-0.39, 0.29) is 11.9 Å². The molecule has 1 N–H and O–H groups in total. The Morgan fingerprint density at radius 2 is 2.00 bits per heavy atom. The maximum atomic E-state index is 12.7. The molecule has 0 spiro atoms. The Kier molecular flexibility index (Phi) is 5.16. The van der Waals surface area contributed by atoms with Gasteiger partial charge < -0.3 is 9.73 Å². The van der Waals surface area contributed by atoms with Crippen molar-refractivity contribution in [2.75, 3.05) is 36.7 Å². The highest BCUT2D eigenvalue weighted by Gasteiger charge is 2.28. The summed E-state index contributed by atoms with van der Waals surface area (Å²) in [6.45, 7) is 2.90. The number of furan rings is 1. The molecule has 0 bridgehead atoms. The Balaban J connectivity index is 1.46. The molecule has 28 heavy (non-hydrogen) atoms. The molecule has 0 radical (unpaired) electrons. The standard InChI is InChI=1S/C20H25N3O4S/c1-28(25,26)23-11-8-15-13-16(6-7-17(15)23)20(24)21-14-18(19-5-4-12-27-19)22-9-2-3-10-22/h4-7,12-13,18H,2-3,8-11,14H2,1H3,(H,21,24)/t18-/m1/s1. The fourth-order valence-electron chi connectivity index (χ4n) is 4.09. The number of fused-ring (bicyclic) bond motifs is 1. The van der Waals surface area contributed by atoms with E-state index in [9.17, 15) is 13.2 Å². The first-order valence-corrected chi connectivity index (χ1v) is 11.4. The van der Waals surface area contributed by atoms with Gasteiger partial charge in [0.25, 0.3) is 5.91 Å². The number of carbonyl (C=O) groups excluding carboxylic acids is 1.